The highest BCUT2D eigenvalue weighted by Gasteiger charge is 2.17. The van der Waals surface area contributed by atoms with E-state index in [0.29, 0.717) is 11.8 Å². The van der Waals surface area contributed by atoms with Crippen LogP contribution in [0.3, 0.4) is 0 Å². The number of hydrogen-bond acceptors (Lipinski definition) is 3. The number of piperidine rings is 1. The Kier molecular flexibility index (Phi) is 3.57. The van der Waals surface area contributed by atoms with Gasteiger partial charge < -0.3 is 10.6 Å². The van der Waals surface area contributed by atoms with Gasteiger partial charge in [0.2, 0.25) is 5.91 Å². The van der Waals surface area contributed by atoms with Gasteiger partial charge in [-0.3, -0.25) is 4.79 Å². The molecule has 0 bridgehead atoms. The van der Waals surface area contributed by atoms with Crippen molar-refractivity contribution in [1.82, 2.24) is 5.32 Å². The van der Waals surface area contributed by atoms with Crippen LogP contribution in [-0.2, 0) is 11.2 Å². The zero-order chi connectivity index (χ0) is 12.4. The number of fused-ring (bicyclic) bond motifs is 1. The largest absolute Gasteiger partial charge is 0.324 e. The van der Waals surface area contributed by atoms with Crippen molar-refractivity contribution in [3.05, 3.63) is 23.8 Å². The number of thioether (sulfide) groups is 1. The molecule has 4 heteroatoms. The van der Waals surface area contributed by atoms with Gasteiger partial charge in [-0.2, -0.15) is 0 Å². The first-order valence-corrected chi connectivity index (χ1v) is 7.59. The van der Waals surface area contributed by atoms with E-state index in [-0.39, 0.29) is 5.91 Å². The van der Waals surface area contributed by atoms with Gasteiger partial charge in [0.25, 0.3) is 0 Å². The van der Waals surface area contributed by atoms with Crippen LogP contribution in [0.2, 0.25) is 0 Å². The second-order valence-electron chi connectivity index (χ2n) is 5.02. The summed E-state index contributed by atoms with van der Waals surface area (Å²) in [5.74, 6) is 0.646. The van der Waals surface area contributed by atoms with Crippen molar-refractivity contribution in [2.24, 2.45) is 0 Å². The smallest absolute Gasteiger partial charge is 0.234 e. The Hall–Kier alpha value is -1.00. The average molecular weight is 262 g/mol. The van der Waals surface area contributed by atoms with Crippen molar-refractivity contribution in [1.29, 1.82) is 0 Å². The maximum Gasteiger partial charge on any atom is 0.234 e. The van der Waals surface area contributed by atoms with E-state index in [4.69, 9.17) is 0 Å². The van der Waals surface area contributed by atoms with E-state index < -0.39 is 0 Å². The molecule has 2 N–H and O–H groups in total. The lowest BCUT2D eigenvalue weighted by molar-refractivity contribution is -0.113. The third-order valence-corrected chi connectivity index (χ3v) is 4.63. The minimum absolute atomic E-state index is 0.106. The number of nitrogens with one attached hydrogen (secondary N) is 2. The Bertz CT molecular complexity index is 455. The van der Waals surface area contributed by atoms with Crippen LogP contribution in [0.5, 0.6) is 0 Å². The molecule has 0 saturated carbocycles. The molecule has 2 aliphatic rings. The Balaban J connectivity index is 1.71. The molecule has 3 rings (SSSR count). The Labute approximate surface area is 112 Å². The van der Waals surface area contributed by atoms with E-state index in [9.17, 15) is 4.79 Å². The van der Waals surface area contributed by atoms with E-state index in [1.807, 2.05) is 6.07 Å². The number of benzene rings is 1. The first-order valence-electron chi connectivity index (χ1n) is 6.60. The van der Waals surface area contributed by atoms with Crippen molar-refractivity contribution in [2.45, 2.75) is 36.6 Å². The van der Waals surface area contributed by atoms with Crippen LogP contribution in [0.1, 0.15) is 24.8 Å². The molecule has 3 nitrogen and oxygen atoms in total. The van der Waals surface area contributed by atoms with Gasteiger partial charge in [0.15, 0.2) is 0 Å². The lowest BCUT2D eigenvalue weighted by atomic mass is 9.98. The van der Waals surface area contributed by atoms with E-state index in [1.54, 1.807) is 11.8 Å². The summed E-state index contributed by atoms with van der Waals surface area (Å²) in [6.07, 6.45) is 5.03. The van der Waals surface area contributed by atoms with Gasteiger partial charge in [0.05, 0.1) is 11.4 Å². The molecule has 96 valence electrons. The van der Waals surface area contributed by atoms with Crippen molar-refractivity contribution >= 4 is 23.4 Å². The van der Waals surface area contributed by atoms with Crippen molar-refractivity contribution in [2.75, 3.05) is 17.6 Å². The maximum atomic E-state index is 11.3. The molecule has 18 heavy (non-hydrogen) atoms. The van der Waals surface area contributed by atoms with Crippen LogP contribution in [-0.4, -0.2) is 24.2 Å². The SMILES string of the molecule is O=C1CSc2cc(CC3CCCCN3)ccc2N1. The molecule has 0 radical (unpaired) electrons. The molecule has 1 aromatic carbocycles. The van der Waals surface area contributed by atoms with Crippen LogP contribution in [0.4, 0.5) is 5.69 Å². The van der Waals surface area contributed by atoms with Crippen LogP contribution < -0.4 is 10.6 Å². The molecule has 1 fully saturated rings. The standard InChI is InChI=1S/C14H18N2OS/c17-14-9-18-13-8-10(4-5-12(13)16-14)7-11-3-1-2-6-15-11/h4-5,8,11,15H,1-3,6-7,9H2,(H,16,17). The highest BCUT2D eigenvalue weighted by Crippen LogP contribution is 2.32. The number of amides is 1. The van der Waals surface area contributed by atoms with Crippen molar-refractivity contribution < 1.29 is 4.79 Å². The molecular formula is C14H18N2OS. The topological polar surface area (TPSA) is 41.1 Å². The van der Waals surface area contributed by atoms with Gasteiger partial charge in [-0.15, -0.1) is 11.8 Å². The summed E-state index contributed by atoms with van der Waals surface area (Å²) in [5, 5.41) is 6.49. The Morgan fingerprint density at radius 1 is 1.33 bits per heavy atom. The zero-order valence-corrected chi connectivity index (χ0v) is 11.2. The van der Waals surface area contributed by atoms with Crippen LogP contribution in [0.25, 0.3) is 0 Å². The first-order chi connectivity index (χ1) is 8.81. The van der Waals surface area contributed by atoms with Gasteiger partial charge in [0, 0.05) is 10.9 Å². The third kappa shape index (κ3) is 2.70. The number of anilines is 1. The molecule has 0 aliphatic carbocycles. The van der Waals surface area contributed by atoms with Crippen LogP contribution in [0, 0.1) is 0 Å². The Morgan fingerprint density at radius 2 is 2.28 bits per heavy atom. The molecular weight excluding hydrogens is 244 g/mol. The number of carbonyl (C=O) groups excluding carboxylic acids is 1. The summed E-state index contributed by atoms with van der Waals surface area (Å²) in [7, 11) is 0. The van der Waals surface area contributed by atoms with Crippen LogP contribution in [0.15, 0.2) is 23.1 Å². The summed E-state index contributed by atoms with van der Waals surface area (Å²) in [4.78, 5) is 12.5. The molecule has 1 saturated heterocycles. The number of carbonyl (C=O) groups is 1. The summed E-state index contributed by atoms with van der Waals surface area (Å²) >= 11 is 1.64. The van der Waals surface area contributed by atoms with E-state index in [2.05, 4.69) is 22.8 Å². The summed E-state index contributed by atoms with van der Waals surface area (Å²) < 4.78 is 0. The van der Waals surface area contributed by atoms with Gasteiger partial charge >= 0.3 is 0 Å². The number of hydrogen-bond donors (Lipinski definition) is 2. The van der Waals surface area contributed by atoms with Crippen molar-refractivity contribution in [3.8, 4) is 0 Å². The maximum absolute atomic E-state index is 11.3. The molecule has 0 spiro atoms. The summed E-state index contributed by atoms with van der Waals surface area (Å²) in [5.41, 5.74) is 2.34. The fraction of sp³-hybridized carbons (Fsp3) is 0.500. The van der Waals surface area contributed by atoms with Gasteiger partial charge in [-0.25, -0.2) is 0 Å². The second-order valence-corrected chi connectivity index (χ2v) is 6.04. The molecule has 2 aliphatic heterocycles. The molecule has 1 aromatic rings. The number of rotatable bonds is 2. The molecule has 2 heterocycles. The monoisotopic (exact) mass is 262 g/mol. The fourth-order valence-corrected chi connectivity index (χ4v) is 3.50. The molecule has 0 aromatic heterocycles. The highest BCUT2D eigenvalue weighted by molar-refractivity contribution is 8.00. The first kappa shape index (κ1) is 12.1. The van der Waals surface area contributed by atoms with Crippen molar-refractivity contribution in [3.63, 3.8) is 0 Å². The molecule has 1 amide bonds. The second kappa shape index (κ2) is 5.33. The lowest BCUT2D eigenvalue weighted by Crippen LogP contribution is -2.35. The van der Waals surface area contributed by atoms with Gasteiger partial charge in [-0.1, -0.05) is 12.5 Å². The summed E-state index contributed by atoms with van der Waals surface area (Å²) in [6.45, 7) is 1.15. The van der Waals surface area contributed by atoms with E-state index in [1.165, 1.54) is 29.7 Å². The predicted molar refractivity (Wildman–Crippen MR) is 75.1 cm³/mol. The minimum atomic E-state index is 0.106. The van der Waals surface area contributed by atoms with Gasteiger partial charge in [0.1, 0.15) is 0 Å². The zero-order valence-electron chi connectivity index (χ0n) is 10.4. The minimum Gasteiger partial charge on any atom is -0.324 e. The molecule has 1 atom stereocenters. The quantitative estimate of drug-likeness (QED) is 0.860. The fourth-order valence-electron chi connectivity index (χ4n) is 2.63. The normalized spacial score (nSPS) is 23.3. The molecule has 1 unspecified atom stereocenters. The van der Waals surface area contributed by atoms with Gasteiger partial charge in [-0.05, 0) is 43.5 Å². The van der Waals surface area contributed by atoms with E-state index >= 15 is 0 Å². The average Bonchev–Trinajstić information content (AvgIpc) is 2.40. The highest BCUT2D eigenvalue weighted by atomic mass is 32.2. The van der Waals surface area contributed by atoms with Crippen LogP contribution >= 0.6 is 11.8 Å². The third-order valence-electron chi connectivity index (χ3n) is 3.57. The Morgan fingerprint density at radius 3 is 3.11 bits per heavy atom. The predicted octanol–water partition coefficient (Wildman–Crippen LogP) is 2.42. The lowest BCUT2D eigenvalue weighted by Gasteiger charge is -2.24. The summed E-state index contributed by atoms with van der Waals surface area (Å²) in [6, 6.07) is 7.04. The van der Waals surface area contributed by atoms with E-state index in [0.717, 1.165) is 18.7 Å².